The predicted octanol–water partition coefficient (Wildman–Crippen LogP) is 1.77. The Kier molecular flexibility index (Phi) is 5.60. The van der Waals surface area contributed by atoms with Crippen molar-refractivity contribution < 1.29 is 13.9 Å². The summed E-state index contributed by atoms with van der Waals surface area (Å²) in [5.41, 5.74) is 0.899. The zero-order valence-corrected chi connectivity index (χ0v) is 16.5. The van der Waals surface area contributed by atoms with E-state index in [9.17, 15) is 14.0 Å². The lowest BCUT2D eigenvalue weighted by atomic mass is 10.1. The van der Waals surface area contributed by atoms with Gasteiger partial charge in [-0.25, -0.2) is 18.9 Å². The number of halogens is 1. The molecule has 4 rings (SSSR count). The van der Waals surface area contributed by atoms with Crippen LogP contribution in [0.1, 0.15) is 34.7 Å². The maximum absolute atomic E-state index is 13.1. The highest BCUT2D eigenvalue weighted by Gasteiger charge is 2.23. The highest BCUT2D eigenvalue weighted by molar-refractivity contribution is 5.92. The van der Waals surface area contributed by atoms with Crippen molar-refractivity contribution in [3.63, 3.8) is 0 Å². The Morgan fingerprint density at radius 2 is 2.03 bits per heavy atom. The van der Waals surface area contributed by atoms with E-state index in [0.29, 0.717) is 44.1 Å². The van der Waals surface area contributed by atoms with E-state index in [1.54, 1.807) is 34.9 Å². The van der Waals surface area contributed by atoms with Gasteiger partial charge >= 0.3 is 5.69 Å². The first-order valence-corrected chi connectivity index (χ1v) is 9.76. The second-order valence-electron chi connectivity index (χ2n) is 7.20. The summed E-state index contributed by atoms with van der Waals surface area (Å²) in [6.45, 7) is 0.759. The Bertz CT molecular complexity index is 1110. The fraction of sp³-hybridized carbons (Fsp3) is 0.333. The normalized spacial score (nSPS) is 15.9. The Labute approximate surface area is 172 Å². The molecule has 0 radical (unpaired) electrons. The standard InChI is InChI=1S/C21H22FN5O3/c1-30-19-4-2-3-17(24-19)20(28)23-16-9-10-18-25-27(21(29)26(18)12-11-16)13-14-5-7-15(22)8-6-14/h2-8,16H,9-13H2,1H3,(H,23,28). The Hall–Kier alpha value is -3.49. The van der Waals surface area contributed by atoms with Crippen molar-refractivity contribution in [3.8, 4) is 5.88 Å². The molecule has 0 fully saturated rings. The lowest BCUT2D eigenvalue weighted by Crippen LogP contribution is -2.36. The number of hydrogen-bond donors (Lipinski definition) is 1. The summed E-state index contributed by atoms with van der Waals surface area (Å²) in [5.74, 6) is 0.486. The number of pyridine rings is 1. The lowest BCUT2D eigenvalue weighted by Gasteiger charge is -2.15. The fourth-order valence-electron chi connectivity index (χ4n) is 3.55. The van der Waals surface area contributed by atoms with Crippen LogP contribution in [0.2, 0.25) is 0 Å². The number of hydrogen-bond acceptors (Lipinski definition) is 5. The summed E-state index contributed by atoms with van der Waals surface area (Å²) in [5, 5.41) is 7.44. The van der Waals surface area contributed by atoms with E-state index in [4.69, 9.17) is 4.74 Å². The van der Waals surface area contributed by atoms with Crippen LogP contribution in [0.15, 0.2) is 47.3 Å². The number of carbonyl (C=O) groups is 1. The van der Waals surface area contributed by atoms with Crippen LogP contribution in [0.3, 0.4) is 0 Å². The molecule has 30 heavy (non-hydrogen) atoms. The second-order valence-corrected chi connectivity index (χ2v) is 7.20. The van der Waals surface area contributed by atoms with Crippen molar-refractivity contribution >= 4 is 5.91 Å². The number of nitrogens with one attached hydrogen (secondary N) is 1. The first kappa shape index (κ1) is 19.8. The molecule has 1 atom stereocenters. The zero-order chi connectivity index (χ0) is 21.1. The number of nitrogens with zero attached hydrogens (tertiary/aromatic N) is 4. The van der Waals surface area contributed by atoms with E-state index < -0.39 is 0 Å². The first-order valence-electron chi connectivity index (χ1n) is 9.76. The molecule has 3 aromatic rings. The molecule has 1 aliphatic rings. The van der Waals surface area contributed by atoms with Crippen molar-refractivity contribution in [1.82, 2.24) is 24.6 Å². The van der Waals surface area contributed by atoms with E-state index >= 15 is 0 Å². The largest absolute Gasteiger partial charge is 0.481 e. The average Bonchev–Trinajstić information content (AvgIpc) is 2.92. The topological polar surface area (TPSA) is 91.0 Å². The summed E-state index contributed by atoms with van der Waals surface area (Å²) >= 11 is 0. The molecule has 2 aromatic heterocycles. The number of aryl methyl sites for hydroxylation is 1. The van der Waals surface area contributed by atoms with Gasteiger partial charge in [0.25, 0.3) is 5.91 Å². The van der Waals surface area contributed by atoms with E-state index in [2.05, 4.69) is 15.4 Å². The van der Waals surface area contributed by atoms with Crippen LogP contribution in [0.4, 0.5) is 4.39 Å². The minimum Gasteiger partial charge on any atom is -0.481 e. The van der Waals surface area contributed by atoms with Crippen molar-refractivity contribution in [1.29, 1.82) is 0 Å². The van der Waals surface area contributed by atoms with E-state index in [-0.39, 0.29) is 29.1 Å². The van der Waals surface area contributed by atoms with Gasteiger partial charge in [-0.15, -0.1) is 0 Å². The second kappa shape index (κ2) is 8.48. The number of amides is 1. The minimum absolute atomic E-state index is 0.0860. The molecule has 1 aliphatic heterocycles. The van der Waals surface area contributed by atoms with E-state index in [1.807, 2.05) is 0 Å². The predicted molar refractivity (Wildman–Crippen MR) is 107 cm³/mol. The average molecular weight is 411 g/mol. The molecule has 0 spiro atoms. The molecular formula is C21H22FN5O3. The Balaban J connectivity index is 1.42. The molecule has 0 saturated carbocycles. The number of methoxy groups -OCH3 is 1. The minimum atomic E-state index is -0.316. The van der Waals surface area contributed by atoms with Crippen molar-refractivity contribution in [3.05, 3.63) is 75.8 Å². The summed E-state index contributed by atoms with van der Waals surface area (Å²) in [7, 11) is 1.50. The van der Waals surface area contributed by atoms with Gasteiger partial charge in [0.1, 0.15) is 17.3 Å². The van der Waals surface area contributed by atoms with Crippen LogP contribution in [-0.2, 0) is 19.5 Å². The van der Waals surface area contributed by atoms with Crippen LogP contribution in [0, 0.1) is 5.82 Å². The van der Waals surface area contributed by atoms with Crippen molar-refractivity contribution in [2.75, 3.05) is 7.11 Å². The summed E-state index contributed by atoms with van der Waals surface area (Å²) in [4.78, 5) is 29.4. The molecule has 1 amide bonds. The SMILES string of the molecule is COc1cccc(C(=O)NC2CCc3nn(Cc4ccc(F)cc4)c(=O)n3CC2)n1. The van der Waals surface area contributed by atoms with Crippen LogP contribution >= 0.6 is 0 Å². The van der Waals surface area contributed by atoms with Gasteiger partial charge in [-0.1, -0.05) is 18.2 Å². The van der Waals surface area contributed by atoms with Crippen LogP contribution in [0.5, 0.6) is 5.88 Å². The summed E-state index contributed by atoms with van der Waals surface area (Å²) in [6.07, 6.45) is 1.86. The number of benzene rings is 1. The van der Waals surface area contributed by atoms with E-state index in [1.165, 1.54) is 23.9 Å². The van der Waals surface area contributed by atoms with Crippen molar-refractivity contribution in [2.45, 2.75) is 38.4 Å². The van der Waals surface area contributed by atoms with Gasteiger partial charge in [0.2, 0.25) is 5.88 Å². The third kappa shape index (κ3) is 4.24. The van der Waals surface area contributed by atoms with Gasteiger partial charge in [-0.05, 0) is 36.6 Å². The Morgan fingerprint density at radius 1 is 1.23 bits per heavy atom. The molecule has 1 N–H and O–H groups in total. The molecule has 3 heterocycles. The molecule has 1 aromatic carbocycles. The first-order chi connectivity index (χ1) is 14.5. The van der Waals surface area contributed by atoms with Crippen LogP contribution in [-0.4, -0.2) is 38.4 Å². The molecule has 0 aliphatic carbocycles. The number of ether oxygens (including phenoxy) is 1. The lowest BCUT2D eigenvalue weighted by molar-refractivity contribution is 0.0927. The molecule has 9 heteroatoms. The molecular weight excluding hydrogens is 389 g/mol. The maximum atomic E-state index is 13.1. The quantitative estimate of drug-likeness (QED) is 0.691. The van der Waals surface area contributed by atoms with Gasteiger partial charge in [0.05, 0.1) is 13.7 Å². The number of carbonyl (C=O) groups excluding carboxylic acids is 1. The van der Waals surface area contributed by atoms with Gasteiger partial charge in [-0.3, -0.25) is 9.36 Å². The van der Waals surface area contributed by atoms with E-state index in [0.717, 1.165) is 5.56 Å². The number of aromatic nitrogens is 4. The van der Waals surface area contributed by atoms with Gasteiger partial charge in [0.15, 0.2) is 0 Å². The number of fused-ring (bicyclic) bond motifs is 1. The van der Waals surface area contributed by atoms with Gasteiger partial charge in [-0.2, -0.15) is 5.10 Å². The maximum Gasteiger partial charge on any atom is 0.346 e. The highest BCUT2D eigenvalue weighted by Crippen LogP contribution is 2.14. The smallest absolute Gasteiger partial charge is 0.346 e. The molecule has 156 valence electrons. The summed E-state index contributed by atoms with van der Waals surface area (Å²) in [6, 6.07) is 11.0. The highest BCUT2D eigenvalue weighted by atomic mass is 19.1. The zero-order valence-electron chi connectivity index (χ0n) is 16.5. The van der Waals surface area contributed by atoms with Gasteiger partial charge in [0, 0.05) is 25.1 Å². The molecule has 1 unspecified atom stereocenters. The fourth-order valence-corrected chi connectivity index (χ4v) is 3.55. The van der Waals surface area contributed by atoms with Gasteiger partial charge < -0.3 is 10.1 Å². The Morgan fingerprint density at radius 3 is 2.80 bits per heavy atom. The molecule has 8 nitrogen and oxygen atoms in total. The third-order valence-electron chi connectivity index (χ3n) is 5.16. The monoisotopic (exact) mass is 411 g/mol. The van der Waals surface area contributed by atoms with Crippen molar-refractivity contribution in [2.24, 2.45) is 0 Å². The molecule has 0 saturated heterocycles. The number of rotatable bonds is 5. The molecule has 0 bridgehead atoms. The summed E-state index contributed by atoms with van der Waals surface area (Å²) < 4.78 is 21.2. The van der Waals surface area contributed by atoms with Crippen LogP contribution in [0.25, 0.3) is 0 Å². The third-order valence-corrected chi connectivity index (χ3v) is 5.16. The van der Waals surface area contributed by atoms with Crippen LogP contribution < -0.4 is 15.7 Å².